The van der Waals surface area contributed by atoms with Gasteiger partial charge in [0.05, 0.1) is 6.20 Å². The maximum absolute atomic E-state index is 9.23. The maximum atomic E-state index is 9.23. The number of nitrogens with zero attached hydrogens (tertiary/aromatic N) is 5. The van der Waals surface area contributed by atoms with Crippen LogP contribution < -0.4 is 5.73 Å². The Hall–Kier alpha value is -2.88. The summed E-state index contributed by atoms with van der Waals surface area (Å²) in [5, 5.41) is 13.6. The van der Waals surface area contributed by atoms with E-state index < -0.39 is 0 Å². The van der Waals surface area contributed by atoms with E-state index in [0.717, 1.165) is 47.9 Å². The summed E-state index contributed by atoms with van der Waals surface area (Å²) in [4.78, 5) is 9.02. The molecular formula is C17H17BN6. The summed E-state index contributed by atoms with van der Waals surface area (Å²) < 4.78 is 1.66. The number of fused-ring (bicyclic) bond motifs is 1. The summed E-state index contributed by atoms with van der Waals surface area (Å²) in [7, 11) is 0. The lowest BCUT2D eigenvalue weighted by Gasteiger charge is -2.23. The molecule has 1 saturated heterocycles. The Morgan fingerprint density at radius 1 is 1.38 bits per heavy atom. The molecule has 1 fully saturated rings. The number of hydrogen-bond donors (Lipinski definition) is 1. The van der Waals surface area contributed by atoms with Crippen LogP contribution in [0.3, 0.4) is 0 Å². The quantitative estimate of drug-likeness (QED) is 0.734. The van der Waals surface area contributed by atoms with Crippen LogP contribution in [0.2, 0.25) is 12.6 Å². The summed E-state index contributed by atoms with van der Waals surface area (Å²) in [5.41, 5.74) is 9.80. The van der Waals surface area contributed by atoms with Gasteiger partial charge in [0.15, 0.2) is 5.65 Å². The average Bonchev–Trinajstić information content (AvgIpc) is 3.07. The van der Waals surface area contributed by atoms with E-state index in [1.54, 1.807) is 23.1 Å². The van der Waals surface area contributed by atoms with E-state index in [-0.39, 0.29) is 12.6 Å². The first-order valence-corrected chi connectivity index (χ1v) is 8.20. The van der Waals surface area contributed by atoms with Gasteiger partial charge in [-0.2, -0.15) is 9.61 Å². The second-order valence-electron chi connectivity index (χ2n) is 6.33. The van der Waals surface area contributed by atoms with Crippen molar-refractivity contribution in [2.75, 3.05) is 5.73 Å². The Balaban J connectivity index is 1.80. The molecule has 1 aliphatic rings. The normalized spacial score (nSPS) is 17.8. The molecule has 0 bridgehead atoms. The second kappa shape index (κ2) is 5.97. The van der Waals surface area contributed by atoms with Crippen LogP contribution in [0.5, 0.6) is 0 Å². The molecule has 118 valence electrons. The number of aromatic nitrogens is 4. The lowest BCUT2D eigenvalue weighted by molar-refractivity contribution is 0.614. The minimum atomic E-state index is 0.116. The summed E-state index contributed by atoms with van der Waals surface area (Å²) in [6.45, 7) is 0.116. The highest BCUT2D eigenvalue weighted by atomic mass is 15.3. The maximum Gasteiger partial charge on any atom is 0.268 e. The van der Waals surface area contributed by atoms with Crippen molar-refractivity contribution in [3.63, 3.8) is 0 Å². The highest BCUT2D eigenvalue weighted by Crippen LogP contribution is 2.34. The second-order valence-corrected chi connectivity index (χ2v) is 6.33. The molecule has 7 heteroatoms. The van der Waals surface area contributed by atoms with Crippen molar-refractivity contribution in [2.24, 2.45) is 0 Å². The third-order valence-electron chi connectivity index (χ3n) is 4.77. The molecule has 0 amide bonds. The lowest BCUT2D eigenvalue weighted by atomic mass is 9.41. The largest absolute Gasteiger partial charge is 0.384 e. The molecule has 0 aromatic carbocycles. The summed E-state index contributed by atoms with van der Waals surface area (Å²) >= 11 is 0. The molecule has 3 aromatic heterocycles. The van der Waals surface area contributed by atoms with Crippen molar-refractivity contribution in [3.8, 4) is 17.1 Å². The summed E-state index contributed by atoms with van der Waals surface area (Å²) in [5.74, 6) is 3.26. The van der Waals surface area contributed by atoms with Gasteiger partial charge in [-0.15, -0.1) is 0 Å². The van der Waals surface area contributed by atoms with E-state index >= 15 is 0 Å². The van der Waals surface area contributed by atoms with E-state index in [1.807, 2.05) is 18.2 Å². The van der Waals surface area contributed by atoms with Crippen LogP contribution in [0.1, 0.15) is 24.5 Å². The number of rotatable bonds is 2. The first kappa shape index (κ1) is 14.7. The van der Waals surface area contributed by atoms with Gasteiger partial charge in [-0.05, 0) is 18.4 Å². The fraction of sp³-hybridized carbons (Fsp3) is 0.294. The molecule has 0 aliphatic carbocycles. The Labute approximate surface area is 140 Å². The van der Waals surface area contributed by atoms with Gasteiger partial charge < -0.3 is 5.73 Å². The molecule has 0 radical (unpaired) electrons. The van der Waals surface area contributed by atoms with Crippen molar-refractivity contribution >= 4 is 18.2 Å². The SMILES string of the molecule is N#CB1CCCC(c2cc(N)n3ncc(-c4cccnc4)c3n2)C1. The Bertz CT molecular complexity index is 914. The van der Waals surface area contributed by atoms with Crippen LogP contribution >= 0.6 is 0 Å². The van der Waals surface area contributed by atoms with Gasteiger partial charge in [0.1, 0.15) is 5.82 Å². The Morgan fingerprint density at radius 2 is 2.29 bits per heavy atom. The molecule has 1 aliphatic heterocycles. The third-order valence-corrected chi connectivity index (χ3v) is 4.77. The molecule has 0 saturated carbocycles. The monoisotopic (exact) mass is 316 g/mol. The number of nitrogen functional groups attached to an aromatic ring is 1. The first-order valence-electron chi connectivity index (χ1n) is 8.20. The fourth-order valence-corrected chi connectivity index (χ4v) is 3.52. The van der Waals surface area contributed by atoms with Crippen LogP contribution in [0.25, 0.3) is 16.8 Å². The predicted molar refractivity (Wildman–Crippen MR) is 93.6 cm³/mol. The molecule has 3 aromatic rings. The van der Waals surface area contributed by atoms with E-state index in [4.69, 9.17) is 10.7 Å². The van der Waals surface area contributed by atoms with E-state index in [0.29, 0.717) is 5.82 Å². The van der Waals surface area contributed by atoms with Crippen molar-refractivity contribution in [1.29, 1.82) is 5.26 Å². The summed E-state index contributed by atoms with van der Waals surface area (Å²) in [6, 6.07) is 5.78. The van der Waals surface area contributed by atoms with Crippen molar-refractivity contribution < 1.29 is 0 Å². The zero-order valence-electron chi connectivity index (χ0n) is 13.3. The minimum Gasteiger partial charge on any atom is -0.384 e. The van der Waals surface area contributed by atoms with E-state index in [1.165, 1.54) is 0 Å². The predicted octanol–water partition coefficient (Wildman–Crippen LogP) is 2.81. The van der Waals surface area contributed by atoms with Gasteiger partial charge in [0.25, 0.3) is 6.71 Å². The third kappa shape index (κ3) is 2.50. The molecule has 0 spiro atoms. The smallest absolute Gasteiger partial charge is 0.268 e. The molecule has 1 atom stereocenters. The van der Waals surface area contributed by atoms with Gasteiger partial charge in [-0.25, -0.2) is 10.2 Å². The van der Waals surface area contributed by atoms with Gasteiger partial charge in [-0.1, -0.05) is 25.1 Å². The molecular weight excluding hydrogens is 299 g/mol. The van der Waals surface area contributed by atoms with Crippen LogP contribution in [0.4, 0.5) is 5.82 Å². The van der Waals surface area contributed by atoms with Gasteiger partial charge >= 0.3 is 0 Å². The molecule has 4 rings (SSSR count). The Morgan fingerprint density at radius 3 is 3.08 bits per heavy atom. The summed E-state index contributed by atoms with van der Waals surface area (Å²) in [6.07, 6.45) is 9.27. The van der Waals surface area contributed by atoms with Crippen molar-refractivity contribution in [2.45, 2.75) is 31.4 Å². The first-order chi connectivity index (χ1) is 11.8. The molecule has 4 heterocycles. The van der Waals surface area contributed by atoms with E-state index in [9.17, 15) is 5.26 Å². The number of nitrogens with two attached hydrogens (primary N) is 1. The van der Waals surface area contributed by atoms with Crippen molar-refractivity contribution in [1.82, 2.24) is 19.6 Å². The molecule has 6 nitrogen and oxygen atoms in total. The van der Waals surface area contributed by atoms with Gasteiger partial charge in [0.2, 0.25) is 0 Å². The van der Waals surface area contributed by atoms with Gasteiger partial charge in [-0.3, -0.25) is 4.98 Å². The molecule has 2 N–H and O–H groups in total. The topological polar surface area (TPSA) is 92.9 Å². The van der Waals surface area contributed by atoms with Gasteiger partial charge in [0, 0.05) is 41.2 Å². The van der Waals surface area contributed by atoms with Crippen LogP contribution in [-0.4, -0.2) is 26.3 Å². The zero-order chi connectivity index (χ0) is 16.5. The van der Waals surface area contributed by atoms with E-state index in [2.05, 4.69) is 16.1 Å². The standard InChI is InChI=1S/C17H17BN6/c19-11-18-5-1-3-12(8-18)15-7-16(20)24-17(23-15)14(10-22-24)13-4-2-6-21-9-13/h2,4,6-7,9-10,12H,1,3,5,8,20H2. The zero-order valence-corrected chi connectivity index (χ0v) is 13.3. The highest BCUT2D eigenvalue weighted by Gasteiger charge is 2.28. The lowest BCUT2D eigenvalue weighted by Crippen LogP contribution is -2.21. The number of pyridine rings is 1. The number of anilines is 1. The molecule has 1 unspecified atom stereocenters. The number of nitriles is 1. The number of hydrogen-bond acceptors (Lipinski definition) is 5. The molecule has 24 heavy (non-hydrogen) atoms. The Kier molecular flexibility index (Phi) is 3.65. The fourth-order valence-electron chi connectivity index (χ4n) is 3.52. The average molecular weight is 316 g/mol. The van der Waals surface area contributed by atoms with Crippen LogP contribution in [0, 0.1) is 11.2 Å². The van der Waals surface area contributed by atoms with Crippen molar-refractivity contribution in [3.05, 3.63) is 42.5 Å². The van der Waals surface area contributed by atoms with Crippen LogP contribution in [0.15, 0.2) is 36.8 Å². The van der Waals surface area contributed by atoms with Crippen LogP contribution in [-0.2, 0) is 0 Å². The minimum absolute atomic E-state index is 0.116. The highest BCUT2D eigenvalue weighted by molar-refractivity contribution is 6.67.